The molecule has 0 fully saturated rings. The van der Waals surface area contributed by atoms with Crippen LogP contribution in [0.3, 0.4) is 0 Å². The number of aryl methyl sites for hydroxylation is 5. The van der Waals surface area contributed by atoms with Crippen LogP contribution in [0, 0.1) is 13.8 Å². The van der Waals surface area contributed by atoms with Crippen molar-refractivity contribution in [3.05, 3.63) is 102 Å². The lowest BCUT2D eigenvalue weighted by atomic mass is 9.97. The Balaban J connectivity index is 1.69. The molecule has 2 aromatic carbocycles. The summed E-state index contributed by atoms with van der Waals surface area (Å²) >= 11 is 1.66. The number of hydrogen-bond donors (Lipinski definition) is 0. The summed E-state index contributed by atoms with van der Waals surface area (Å²) in [5.74, 6) is 0. The summed E-state index contributed by atoms with van der Waals surface area (Å²) in [5, 5.41) is 0.780. The number of hydrogen-bond acceptors (Lipinski definition) is 3. The molecule has 0 radical (unpaired) electrons. The summed E-state index contributed by atoms with van der Waals surface area (Å²) in [6.45, 7) is 5.05. The number of fused-ring (bicyclic) bond motifs is 3. The molecule has 5 rings (SSSR count). The maximum absolute atomic E-state index is 13.7. The lowest BCUT2D eigenvalue weighted by Crippen LogP contribution is -2.40. The van der Waals surface area contributed by atoms with Gasteiger partial charge in [0.15, 0.2) is 0 Å². The fourth-order valence-electron chi connectivity index (χ4n) is 4.78. The van der Waals surface area contributed by atoms with E-state index in [-0.39, 0.29) is 11.2 Å². The van der Waals surface area contributed by atoms with Crippen LogP contribution in [0.15, 0.2) is 58.1 Å². The molecule has 0 spiro atoms. The molecule has 1 aliphatic rings. The largest absolute Gasteiger partial charge is 0.332 e. The molecule has 32 heavy (non-hydrogen) atoms. The van der Waals surface area contributed by atoms with E-state index >= 15 is 0 Å². The van der Waals surface area contributed by atoms with Gasteiger partial charge in [-0.05, 0) is 68.2 Å². The van der Waals surface area contributed by atoms with Crippen LogP contribution in [-0.2, 0) is 32.4 Å². The predicted octanol–water partition coefficient (Wildman–Crippen LogP) is 5.01. The summed E-state index contributed by atoms with van der Waals surface area (Å²) in [7, 11) is 0. The molecule has 0 saturated carbocycles. The summed E-state index contributed by atoms with van der Waals surface area (Å²) in [5.41, 5.74) is 5.48. The highest BCUT2D eigenvalue weighted by Gasteiger charge is 2.23. The van der Waals surface area contributed by atoms with E-state index in [2.05, 4.69) is 32.0 Å². The van der Waals surface area contributed by atoms with E-state index < -0.39 is 0 Å². The van der Waals surface area contributed by atoms with E-state index in [4.69, 9.17) is 0 Å². The summed E-state index contributed by atoms with van der Waals surface area (Å²) < 4.78 is 3.33. The molecular formula is C27H28N2O2S. The number of rotatable bonds is 5. The molecule has 0 N–H and O–H groups in total. The van der Waals surface area contributed by atoms with E-state index in [1.807, 2.05) is 34.9 Å². The van der Waals surface area contributed by atoms with Crippen LogP contribution in [0.2, 0.25) is 0 Å². The van der Waals surface area contributed by atoms with Crippen molar-refractivity contribution in [2.24, 2.45) is 0 Å². The Labute approximate surface area is 191 Å². The first-order chi connectivity index (χ1) is 15.5. The lowest BCUT2D eigenvalue weighted by Gasteiger charge is -2.15. The maximum Gasteiger partial charge on any atom is 0.332 e. The molecule has 2 aromatic heterocycles. The van der Waals surface area contributed by atoms with Crippen molar-refractivity contribution in [3.8, 4) is 0 Å². The highest BCUT2D eigenvalue weighted by molar-refractivity contribution is 7.18. The Morgan fingerprint density at radius 3 is 2.53 bits per heavy atom. The zero-order chi connectivity index (χ0) is 22.2. The highest BCUT2D eigenvalue weighted by Crippen LogP contribution is 2.34. The molecule has 0 atom stereocenters. The molecule has 4 aromatic rings. The number of benzene rings is 2. The molecule has 1 aliphatic carbocycles. The van der Waals surface area contributed by atoms with Crippen molar-refractivity contribution in [2.45, 2.75) is 59.0 Å². The molecule has 4 nitrogen and oxygen atoms in total. The normalized spacial score (nSPS) is 13.4. The third kappa shape index (κ3) is 3.75. The Hall–Kier alpha value is -2.92. The average molecular weight is 445 g/mol. The number of nitrogens with zero attached hydrogens (tertiary/aromatic N) is 2. The minimum atomic E-state index is -0.196. The minimum Gasteiger partial charge on any atom is -0.280 e. The van der Waals surface area contributed by atoms with Crippen molar-refractivity contribution in [1.82, 2.24) is 9.13 Å². The summed E-state index contributed by atoms with van der Waals surface area (Å²) in [4.78, 5) is 29.4. The number of aromatic nitrogens is 2. The van der Waals surface area contributed by atoms with Gasteiger partial charge in [0.05, 0.1) is 11.9 Å². The van der Waals surface area contributed by atoms with Crippen LogP contribution < -0.4 is 11.2 Å². The molecule has 0 unspecified atom stereocenters. The van der Waals surface area contributed by atoms with Crippen LogP contribution in [-0.4, -0.2) is 9.13 Å². The van der Waals surface area contributed by atoms with Gasteiger partial charge in [-0.1, -0.05) is 54.1 Å². The topological polar surface area (TPSA) is 44.0 Å². The van der Waals surface area contributed by atoms with E-state index in [1.54, 1.807) is 11.3 Å². The van der Waals surface area contributed by atoms with Crippen molar-refractivity contribution >= 4 is 21.6 Å². The van der Waals surface area contributed by atoms with Gasteiger partial charge in [0.25, 0.3) is 5.56 Å². The second-order valence-electron chi connectivity index (χ2n) is 8.88. The zero-order valence-corrected chi connectivity index (χ0v) is 19.5. The molecule has 164 valence electrons. The molecule has 0 aliphatic heterocycles. The van der Waals surface area contributed by atoms with Crippen molar-refractivity contribution in [2.75, 3.05) is 0 Å². The second-order valence-corrected chi connectivity index (χ2v) is 9.97. The van der Waals surface area contributed by atoms with Crippen LogP contribution in [0.4, 0.5) is 0 Å². The SMILES string of the molecule is Cc1ccc(C)c(Cn2c(=O)n(CCc3ccccc3)c(=O)c3c4c(sc32)CCCC4)c1. The summed E-state index contributed by atoms with van der Waals surface area (Å²) in [6, 6.07) is 16.4. The Bertz CT molecular complexity index is 1410. The van der Waals surface area contributed by atoms with Crippen molar-refractivity contribution < 1.29 is 0 Å². The van der Waals surface area contributed by atoms with Gasteiger partial charge in [-0.2, -0.15) is 0 Å². The number of thiophene rings is 1. The van der Waals surface area contributed by atoms with Gasteiger partial charge in [-0.15, -0.1) is 11.3 Å². The fraction of sp³-hybridized carbons (Fsp3) is 0.333. The monoisotopic (exact) mass is 444 g/mol. The van der Waals surface area contributed by atoms with E-state index in [0.717, 1.165) is 47.0 Å². The third-order valence-electron chi connectivity index (χ3n) is 6.62. The molecule has 5 heteroatoms. The zero-order valence-electron chi connectivity index (χ0n) is 18.7. The van der Waals surface area contributed by atoms with Gasteiger partial charge in [0.1, 0.15) is 4.83 Å². The van der Waals surface area contributed by atoms with Gasteiger partial charge in [-0.3, -0.25) is 13.9 Å². The van der Waals surface area contributed by atoms with Crippen LogP contribution in [0.1, 0.15) is 45.5 Å². The lowest BCUT2D eigenvalue weighted by molar-refractivity contribution is 0.590. The predicted molar refractivity (Wildman–Crippen MR) is 132 cm³/mol. The maximum atomic E-state index is 13.7. The van der Waals surface area contributed by atoms with Crippen molar-refractivity contribution in [3.63, 3.8) is 0 Å². The smallest absolute Gasteiger partial charge is 0.280 e. The average Bonchev–Trinajstić information content (AvgIpc) is 3.19. The van der Waals surface area contributed by atoms with Gasteiger partial charge < -0.3 is 0 Å². The molecule has 2 heterocycles. The first-order valence-corrected chi connectivity index (χ1v) is 12.2. The standard InChI is InChI=1S/C27H28N2O2S/c1-18-12-13-19(2)21(16-18)17-29-26-24(22-10-6-7-11-23(22)32-26)25(30)28(27(29)31)15-14-20-8-4-3-5-9-20/h3-5,8-9,12-13,16H,6-7,10-11,14-15,17H2,1-2H3. The minimum absolute atomic E-state index is 0.113. The molecule has 0 amide bonds. The molecular weight excluding hydrogens is 416 g/mol. The Kier molecular flexibility index (Phi) is 5.60. The van der Waals surface area contributed by atoms with Crippen molar-refractivity contribution in [1.29, 1.82) is 0 Å². The fourth-order valence-corrected chi connectivity index (χ4v) is 6.15. The highest BCUT2D eigenvalue weighted by atomic mass is 32.1. The third-order valence-corrected chi connectivity index (χ3v) is 7.93. The second kappa shape index (κ2) is 8.55. The molecule has 0 saturated heterocycles. The van der Waals surface area contributed by atoms with E-state index in [1.165, 1.54) is 26.1 Å². The molecule has 0 bridgehead atoms. The van der Waals surface area contributed by atoms with Gasteiger partial charge in [-0.25, -0.2) is 4.79 Å². The Morgan fingerprint density at radius 2 is 1.72 bits per heavy atom. The van der Waals surface area contributed by atoms with Crippen LogP contribution >= 0.6 is 11.3 Å². The van der Waals surface area contributed by atoms with Gasteiger partial charge >= 0.3 is 5.69 Å². The summed E-state index contributed by atoms with van der Waals surface area (Å²) in [6.07, 6.45) is 4.87. The van der Waals surface area contributed by atoms with Crippen LogP contribution in [0.25, 0.3) is 10.2 Å². The van der Waals surface area contributed by atoms with Gasteiger partial charge in [0.2, 0.25) is 0 Å². The van der Waals surface area contributed by atoms with E-state index in [9.17, 15) is 9.59 Å². The van der Waals surface area contributed by atoms with Crippen LogP contribution in [0.5, 0.6) is 0 Å². The quantitative estimate of drug-likeness (QED) is 0.434. The Morgan fingerprint density at radius 1 is 0.938 bits per heavy atom. The first kappa shape index (κ1) is 21.0. The van der Waals surface area contributed by atoms with E-state index in [0.29, 0.717) is 19.5 Å². The van der Waals surface area contributed by atoms with Gasteiger partial charge in [0, 0.05) is 11.4 Å². The first-order valence-electron chi connectivity index (χ1n) is 11.4.